The van der Waals surface area contributed by atoms with E-state index >= 15 is 0 Å². The molecule has 1 aliphatic rings. The van der Waals surface area contributed by atoms with Gasteiger partial charge in [0.2, 0.25) is 0 Å². The fourth-order valence-electron chi connectivity index (χ4n) is 2.38. The van der Waals surface area contributed by atoms with E-state index in [2.05, 4.69) is 10.3 Å². The van der Waals surface area contributed by atoms with E-state index in [1.54, 1.807) is 12.1 Å². The Balaban J connectivity index is 1.72. The average molecular weight is 315 g/mol. The molecule has 0 aliphatic carbocycles. The Kier molecular flexibility index (Phi) is 4.43. The molecule has 5 nitrogen and oxygen atoms in total. The first-order valence-electron chi connectivity index (χ1n) is 7.30. The van der Waals surface area contributed by atoms with Gasteiger partial charge in [-0.15, -0.1) is 0 Å². The normalized spacial score (nSPS) is 14.3. The van der Waals surface area contributed by atoms with Crippen molar-refractivity contribution in [2.24, 2.45) is 10.7 Å². The number of rotatable bonds is 5. The van der Waals surface area contributed by atoms with Crippen molar-refractivity contribution in [2.75, 3.05) is 13.7 Å². The molecule has 2 aromatic carbocycles. The number of aliphatic imine (C=N–C) groups is 1. The van der Waals surface area contributed by atoms with Crippen molar-refractivity contribution >= 4 is 11.5 Å². The van der Waals surface area contributed by atoms with Gasteiger partial charge in [0.05, 0.1) is 18.8 Å². The van der Waals surface area contributed by atoms with E-state index in [1.807, 2.05) is 24.3 Å². The van der Waals surface area contributed by atoms with Gasteiger partial charge >= 0.3 is 0 Å². The predicted molar refractivity (Wildman–Crippen MR) is 86.8 cm³/mol. The fourth-order valence-corrected chi connectivity index (χ4v) is 2.38. The first-order chi connectivity index (χ1) is 11.2. The van der Waals surface area contributed by atoms with Gasteiger partial charge in [-0.1, -0.05) is 24.3 Å². The van der Waals surface area contributed by atoms with Crippen LogP contribution in [0.25, 0.3) is 0 Å². The highest BCUT2D eigenvalue weighted by molar-refractivity contribution is 5.91. The Morgan fingerprint density at radius 2 is 2.09 bits per heavy atom. The van der Waals surface area contributed by atoms with Crippen molar-refractivity contribution in [1.29, 1.82) is 0 Å². The van der Waals surface area contributed by atoms with Crippen LogP contribution in [0, 0.1) is 5.82 Å². The molecule has 1 heterocycles. The second-order valence-corrected chi connectivity index (χ2v) is 5.17. The van der Waals surface area contributed by atoms with E-state index < -0.39 is 11.9 Å². The molecule has 0 fully saturated rings. The third-order valence-corrected chi connectivity index (χ3v) is 3.60. The summed E-state index contributed by atoms with van der Waals surface area (Å²) in [5, 5.41) is 3.17. The maximum atomic E-state index is 13.8. The monoisotopic (exact) mass is 315 g/mol. The van der Waals surface area contributed by atoms with Gasteiger partial charge < -0.3 is 20.5 Å². The largest absolute Gasteiger partial charge is 0.493 e. The van der Waals surface area contributed by atoms with Gasteiger partial charge in [-0.25, -0.2) is 9.38 Å². The zero-order chi connectivity index (χ0) is 16.2. The van der Waals surface area contributed by atoms with Crippen molar-refractivity contribution < 1.29 is 13.9 Å². The molecule has 1 atom stereocenters. The van der Waals surface area contributed by atoms with E-state index in [4.69, 9.17) is 15.2 Å². The van der Waals surface area contributed by atoms with Gasteiger partial charge in [-0.2, -0.15) is 0 Å². The van der Waals surface area contributed by atoms with Crippen LogP contribution in [0.1, 0.15) is 5.56 Å². The second kappa shape index (κ2) is 6.66. The molecule has 120 valence electrons. The fraction of sp³-hybridized carbons (Fsp3) is 0.235. The number of hydrogen-bond donors (Lipinski definition) is 2. The van der Waals surface area contributed by atoms with Crippen LogP contribution in [0.4, 0.5) is 10.1 Å². The summed E-state index contributed by atoms with van der Waals surface area (Å²) in [4.78, 5) is 4.50. The molecular formula is C17H18FN3O2. The summed E-state index contributed by atoms with van der Waals surface area (Å²) in [6, 6.07) is 11.9. The third kappa shape index (κ3) is 3.27. The smallest absolute Gasteiger partial charge is 0.197 e. The van der Waals surface area contributed by atoms with Crippen molar-refractivity contribution in [3.05, 3.63) is 53.8 Å². The van der Waals surface area contributed by atoms with Crippen molar-refractivity contribution in [3.63, 3.8) is 0 Å². The van der Waals surface area contributed by atoms with Gasteiger partial charge in [0, 0.05) is 6.54 Å². The molecule has 23 heavy (non-hydrogen) atoms. The summed E-state index contributed by atoms with van der Waals surface area (Å²) < 4.78 is 24.4. The van der Waals surface area contributed by atoms with Gasteiger partial charge in [0.25, 0.3) is 0 Å². The van der Waals surface area contributed by atoms with Crippen LogP contribution in [0.2, 0.25) is 0 Å². The topological polar surface area (TPSA) is 68.9 Å². The number of nitrogens with zero attached hydrogens (tertiary/aromatic N) is 1. The molecule has 0 spiro atoms. The van der Waals surface area contributed by atoms with Gasteiger partial charge in [-0.05, 0) is 23.8 Å². The van der Waals surface area contributed by atoms with Crippen LogP contribution in [0.3, 0.4) is 0 Å². The number of nitrogens with two attached hydrogens (primary N) is 1. The molecule has 0 saturated heterocycles. The number of amidine groups is 1. The van der Waals surface area contributed by atoms with E-state index in [9.17, 15) is 4.39 Å². The number of fused-ring (bicyclic) bond motifs is 1. The van der Waals surface area contributed by atoms with E-state index in [0.717, 1.165) is 11.3 Å². The number of methoxy groups -OCH3 is 1. The molecule has 0 aromatic heterocycles. The lowest BCUT2D eigenvalue weighted by Crippen LogP contribution is -2.45. The molecule has 3 N–H and O–H groups in total. The second-order valence-electron chi connectivity index (χ2n) is 5.17. The van der Waals surface area contributed by atoms with Crippen molar-refractivity contribution in [2.45, 2.75) is 12.6 Å². The zero-order valence-electron chi connectivity index (χ0n) is 12.8. The Labute approximate surface area is 133 Å². The molecule has 3 rings (SSSR count). The lowest BCUT2D eigenvalue weighted by molar-refractivity contribution is 0.275. The lowest BCUT2D eigenvalue weighted by atomic mass is 10.1. The molecular weight excluding hydrogens is 297 g/mol. The zero-order valence-corrected chi connectivity index (χ0v) is 12.8. The van der Waals surface area contributed by atoms with E-state index in [1.165, 1.54) is 13.2 Å². The highest BCUT2D eigenvalue weighted by atomic mass is 19.1. The molecule has 0 saturated carbocycles. The van der Waals surface area contributed by atoms with Crippen LogP contribution in [-0.2, 0) is 6.54 Å². The number of halogens is 1. The first-order valence-corrected chi connectivity index (χ1v) is 7.30. The third-order valence-electron chi connectivity index (χ3n) is 3.60. The molecule has 2 aromatic rings. The molecule has 1 aliphatic heterocycles. The highest BCUT2D eigenvalue weighted by Crippen LogP contribution is 2.29. The van der Waals surface area contributed by atoms with Gasteiger partial charge in [-0.3, -0.25) is 0 Å². The van der Waals surface area contributed by atoms with Crippen LogP contribution >= 0.6 is 0 Å². The minimum absolute atomic E-state index is 0.0576. The summed E-state index contributed by atoms with van der Waals surface area (Å²) in [6.07, 6.45) is 0. The lowest BCUT2D eigenvalue weighted by Gasteiger charge is -2.22. The number of para-hydroxylation sites is 2. The quantitative estimate of drug-likeness (QED) is 0.889. The summed E-state index contributed by atoms with van der Waals surface area (Å²) in [5.74, 6) is 0.530. The van der Waals surface area contributed by atoms with Crippen LogP contribution in [-0.4, -0.2) is 25.6 Å². The van der Waals surface area contributed by atoms with E-state index in [0.29, 0.717) is 18.1 Å². The Bertz CT molecular complexity index is 734. The van der Waals surface area contributed by atoms with Crippen molar-refractivity contribution in [1.82, 2.24) is 5.32 Å². The molecule has 1 unspecified atom stereocenters. The van der Waals surface area contributed by atoms with Crippen molar-refractivity contribution in [3.8, 4) is 11.5 Å². The molecule has 0 bridgehead atoms. The standard InChI is InChI=1S/C17H18FN3O2/c1-22-15-8-4-6-12(18)16(15)23-10-13(19)17-20-9-11-5-2-3-7-14(11)21-17/h2-8,13H,9-10,19H2,1H3,(H,20,21). The minimum Gasteiger partial charge on any atom is -0.493 e. The maximum Gasteiger partial charge on any atom is 0.197 e. The van der Waals surface area contributed by atoms with Gasteiger partial charge in [0.1, 0.15) is 12.4 Å². The number of benzene rings is 2. The van der Waals surface area contributed by atoms with Crippen LogP contribution in [0.5, 0.6) is 11.5 Å². The van der Waals surface area contributed by atoms with Crippen LogP contribution in [0.15, 0.2) is 47.5 Å². The van der Waals surface area contributed by atoms with Crippen LogP contribution < -0.4 is 20.5 Å². The van der Waals surface area contributed by atoms with E-state index in [-0.39, 0.29) is 12.4 Å². The maximum absolute atomic E-state index is 13.8. The minimum atomic E-state index is -0.493. The summed E-state index contributed by atoms with van der Waals surface area (Å²) in [7, 11) is 1.46. The number of ether oxygens (including phenoxy) is 2. The Morgan fingerprint density at radius 1 is 1.26 bits per heavy atom. The Hall–Kier alpha value is -2.60. The predicted octanol–water partition coefficient (Wildman–Crippen LogP) is 2.37. The average Bonchev–Trinajstić information content (AvgIpc) is 2.59. The number of hydrogen-bond acceptors (Lipinski definition) is 5. The molecule has 6 heteroatoms. The summed E-state index contributed by atoms with van der Waals surface area (Å²) in [5.41, 5.74) is 8.11. The molecule has 0 amide bonds. The summed E-state index contributed by atoms with van der Waals surface area (Å²) in [6.45, 7) is 0.747. The number of nitrogens with one attached hydrogen (secondary N) is 1. The van der Waals surface area contributed by atoms with Gasteiger partial charge in [0.15, 0.2) is 17.3 Å². The highest BCUT2D eigenvalue weighted by Gasteiger charge is 2.19. The first kappa shape index (κ1) is 15.3. The summed E-state index contributed by atoms with van der Waals surface area (Å²) >= 11 is 0. The SMILES string of the molecule is COc1cccc(F)c1OCC(N)C1=Nc2ccccc2CN1. The molecule has 0 radical (unpaired) electrons. The Morgan fingerprint density at radius 3 is 2.91 bits per heavy atom.